The summed E-state index contributed by atoms with van der Waals surface area (Å²) in [6.45, 7) is 3.69. The summed E-state index contributed by atoms with van der Waals surface area (Å²) in [5, 5.41) is 0. The average molecular weight is 226 g/mol. The molecule has 1 fully saturated rings. The van der Waals surface area contributed by atoms with E-state index >= 15 is 0 Å². The van der Waals surface area contributed by atoms with E-state index in [9.17, 15) is 4.79 Å². The molecular weight excluding hydrogens is 208 g/mol. The normalized spacial score (nSPS) is 29.1. The number of fused-ring (bicyclic) bond motifs is 3. The predicted octanol–water partition coefficient (Wildman–Crippen LogP) is 3.50. The minimum atomic E-state index is 0.318. The molecule has 3 atom stereocenters. The van der Waals surface area contributed by atoms with Gasteiger partial charge in [0.2, 0.25) is 0 Å². The number of allylic oxidation sites excluding steroid dienone is 1. The van der Waals surface area contributed by atoms with Crippen molar-refractivity contribution in [1.82, 2.24) is 0 Å². The zero-order valence-electron chi connectivity index (χ0n) is 10.1. The van der Waals surface area contributed by atoms with E-state index in [0.717, 1.165) is 12.8 Å². The van der Waals surface area contributed by atoms with Crippen LogP contribution in [0.5, 0.6) is 0 Å². The molecule has 1 aromatic carbocycles. The maximum Gasteiger partial charge on any atom is 0.137 e. The summed E-state index contributed by atoms with van der Waals surface area (Å²) in [5.74, 6) is 1.95. The molecule has 1 heteroatoms. The van der Waals surface area contributed by atoms with E-state index in [2.05, 4.69) is 30.8 Å². The van der Waals surface area contributed by atoms with Crippen LogP contribution in [0.3, 0.4) is 0 Å². The lowest BCUT2D eigenvalue weighted by Gasteiger charge is -2.13. The molecule has 0 aliphatic heterocycles. The van der Waals surface area contributed by atoms with Gasteiger partial charge in [-0.1, -0.05) is 30.3 Å². The molecule has 0 radical (unpaired) electrons. The van der Waals surface area contributed by atoms with Crippen molar-refractivity contribution < 1.29 is 4.79 Å². The molecule has 1 aromatic rings. The summed E-state index contributed by atoms with van der Waals surface area (Å²) in [7, 11) is 0. The van der Waals surface area contributed by atoms with Gasteiger partial charge in [0, 0.05) is 12.3 Å². The molecule has 0 N–H and O–H groups in total. The van der Waals surface area contributed by atoms with Crippen LogP contribution in [0, 0.1) is 11.8 Å². The quantitative estimate of drug-likeness (QED) is 0.718. The molecule has 2 aliphatic rings. The first-order chi connectivity index (χ1) is 8.33. The van der Waals surface area contributed by atoms with Crippen LogP contribution in [0.15, 0.2) is 36.9 Å². The Morgan fingerprint density at radius 1 is 1.41 bits per heavy atom. The summed E-state index contributed by atoms with van der Waals surface area (Å²) < 4.78 is 0. The fraction of sp³-hybridized carbons (Fsp3) is 0.438. The minimum absolute atomic E-state index is 0.318. The van der Waals surface area contributed by atoms with Crippen LogP contribution in [-0.4, -0.2) is 5.78 Å². The Morgan fingerprint density at radius 3 is 3.06 bits per heavy atom. The standard InChI is InChI=1S/C16H18O/c1-2-3-8-14(17)16-13-10-9-11-6-4-5-7-12(11)15(13)16/h2,4-7,13,15-16H,1,3,8-10H2. The largest absolute Gasteiger partial charge is 0.299 e. The van der Waals surface area contributed by atoms with Crippen LogP contribution in [0.25, 0.3) is 0 Å². The second kappa shape index (κ2) is 4.14. The fourth-order valence-electron chi connectivity index (χ4n) is 3.42. The lowest BCUT2D eigenvalue weighted by Crippen LogP contribution is -2.02. The third kappa shape index (κ3) is 1.74. The van der Waals surface area contributed by atoms with Crippen LogP contribution in [-0.2, 0) is 11.2 Å². The number of Topliss-reactive ketones (excluding diaryl/α,β-unsaturated/α-hetero) is 1. The Bertz CT molecular complexity index is 460. The first-order valence-corrected chi connectivity index (χ1v) is 6.54. The second-order valence-electron chi connectivity index (χ2n) is 5.25. The van der Waals surface area contributed by atoms with Gasteiger partial charge in [-0.3, -0.25) is 4.79 Å². The van der Waals surface area contributed by atoms with Crippen molar-refractivity contribution in [2.45, 2.75) is 31.6 Å². The van der Waals surface area contributed by atoms with Gasteiger partial charge >= 0.3 is 0 Å². The average Bonchev–Trinajstić information content (AvgIpc) is 3.11. The van der Waals surface area contributed by atoms with Crippen molar-refractivity contribution in [2.75, 3.05) is 0 Å². The third-order valence-corrected chi connectivity index (χ3v) is 4.30. The number of carbonyl (C=O) groups excluding carboxylic acids is 1. The van der Waals surface area contributed by atoms with Crippen LogP contribution < -0.4 is 0 Å². The zero-order valence-corrected chi connectivity index (χ0v) is 10.1. The van der Waals surface area contributed by atoms with Gasteiger partial charge in [0.05, 0.1) is 0 Å². The van der Waals surface area contributed by atoms with Gasteiger partial charge in [-0.25, -0.2) is 0 Å². The van der Waals surface area contributed by atoms with Gasteiger partial charge in [-0.05, 0) is 42.2 Å². The van der Waals surface area contributed by atoms with Gasteiger partial charge in [-0.2, -0.15) is 0 Å². The van der Waals surface area contributed by atoms with Crippen molar-refractivity contribution in [3.05, 3.63) is 48.0 Å². The van der Waals surface area contributed by atoms with Crippen molar-refractivity contribution in [1.29, 1.82) is 0 Å². The Morgan fingerprint density at radius 2 is 2.24 bits per heavy atom. The summed E-state index contributed by atoms with van der Waals surface area (Å²) in [5.41, 5.74) is 2.91. The lowest BCUT2D eigenvalue weighted by molar-refractivity contribution is -0.120. The lowest BCUT2D eigenvalue weighted by atomic mass is 9.92. The number of rotatable bonds is 4. The van der Waals surface area contributed by atoms with E-state index in [1.54, 1.807) is 0 Å². The smallest absolute Gasteiger partial charge is 0.137 e. The summed E-state index contributed by atoms with van der Waals surface area (Å²) in [6, 6.07) is 8.64. The van der Waals surface area contributed by atoms with Gasteiger partial charge in [0.15, 0.2) is 0 Å². The highest BCUT2D eigenvalue weighted by atomic mass is 16.1. The molecule has 1 saturated carbocycles. The highest BCUT2D eigenvalue weighted by Crippen LogP contribution is 2.60. The Labute approximate surface area is 103 Å². The van der Waals surface area contributed by atoms with Gasteiger partial charge < -0.3 is 0 Å². The second-order valence-corrected chi connectivity index (χ2v) is 5.25. The SMILES string of the molecule is C=CCCC(=O)C1C2CCc3ccccc3C21. The number of carbonyl (C=O) groups is 1. The van der Waals surface area contributed by atoms with Crippen molar-refractivity contribution in [3.8, 4) is 0 Å². The first kappa shape index (κ1) is 10.8. The van der Waals surface area contributed by atoms with Gasteiger partial charge in [0.1, 0.15) is 5.78 Å². The molecule has 0 bridgehead atoms. The molecule has 1 nitrogen and oxygen atoms in total. The van der Waals surface area contributed by atoms with Gasteiger partial charge in [-0.15, -0.1) is 6.58 Å². The molecular formula is C16H18O. The number of aryl methyl sites for hydroxylation is 1. The number of hydrogen-bond acceptors (Lipinski definition) is 1. The van der Waals surface area contributed by atoms with E-state index in [0.29, 0.717) is 30.0 Å². The molecule has 3 unspecified atom stereocenters. The monoisotopic (exact) mass is 226 g/mol. The highest BCUT2D eigenvalue weighted by Gasteiger charge is 2.55. The predicted molar refractivity (Wildman–Crippen MR) is 68.9 cm³/mol. The molecule has 0 saturated heterocycles. The Kier molecular flexibility index (Phi) is 2.62. The maximum atomic E-state index is 12.1. The first-order valence-electron chi connectivity index (χ1n) is 6.54. The molecule has 0 spiro atoms. The van der Waals surface area contributed by atoms with E-state index in [-0.39, 0.29) is 0 Å². The molecule has 17 heavy (non-hydrogen) atoms. The molecule has 3 rings (SSSR count). The minimum Gasteiger partial charge on any atom is -0.299 e. The van der Waals surface area contributed by atoms with Gasteiger partial charge in [0.25, 0.3) is 0 Å². The van der Waals surface area contributed by atoms with Crippen LogP contribution in [0.1, 0.15) is 36.3 Å². The van der Waals surface area contributed by atoms with Crippen molar-refractivity contribution in [2.24, 2.45) is 11.8 Å². The van der Waals surface area contributed by atoms with Crippen LogP contribution in [0.4, 0.5) is 0 Å². The zero-order chi connectivity index (χ0) is 11.8. The van der Waals surface area contributed by atoms with E-state index in [1.807, 2.05) is 6.08 Å². The van der Waals surface area contributed by atoms with Crippen molar-refractivity contribution >= 4 is 5.78 Å². The van der Waals surface area contributed by atoms with Crippen LogP contribution in [0.2, 0.25) is 0 Å². The van der Waals surface area contributed by atoms with Crippen molar-refractivity contribution in [3.63, 3.8) is 0 Å². The number of ketones is 1. The molecule has 88 valence electrons. The summed E-state index contributed by atoms with van der Waals surface area (Å²) in [4.78, 5) is 12.1. The molecule has 0 heterocycles. The molecule has 2 aliphatic carbocycles. The topological polar surface area (TPSA) is 17.1 Å². The number of benzene rings is 1. The maximum absolute atomic E-state index is 12.1. The van der Waals surface area contributed by atoms with E-state index in [4.69, 9.17) is 0 Å². The van der Waals surface area contributed by atoms with E-state index < -0.39 is 0 Å². The number of hydrogen-bond donors (Lipinski definition) is 0. The van der Waals surface area contributed by atoms with Crippen LogP contribution >= 0.6 is 0 Å². The fourth-order valence-corrected chi connectivity index (χ4v) is 3.42. The summed E-state index contributed by atoms with van der Waals surface area (Å²) in [6.07, 6.45) is 5.71. The summed E-state index contributed by atoms with van der Waals surface area (Å²) >= 11 is 0. The molecule has 0 amide bonds. The molecule has 0 aromatic heterocycles. The Hall–Kier alpha value is -1.37. The Balaban J connectivity index is 1.78. The highest BCUT2D eigenvalue weighted by molar-refractivity contribution is 5.86. The third-order valence-electron chi connectivity index (χ3n) is 4.30. The van der Waals surface area contributed by atoms with E-state index in [1.165, 1.54) is 17.5 Å².